The predicted molar refractivity (Wildman–Crippen MR) is 93.4 cm³/mol. The Bertz CT molecular complexity index is 672. The maximum atomic E-state index is 13.1. The SMILES string of the molecule is CNCCC1CCN(C(=O)c2c[nH]cc2-c2ccc(F)cc2)CC1. The number of benzene rings is 1. The highest BCUT2D eigenvalue weighted by atomic mass is 19.1. The summed E-state index contributed by atoms with van der Waals surface area (Å²) in [6, 6.07) is 6.26. The topological polar surface area (TPSA) is 48.1 Å². The molecule has 24 heavy (non-hydrogen) atoms. The largest absolute Gasteiger partial charge is 0.366 e. The van der Waals surface area contributed by atoms with Gasteiger partial charge < -0.3 is 15.2 Å². The van der Waals surface area contributed by atoms with Crippen molar-refractivity contribution in [3.05, 3.63) is 48.0 Å². The van der Waals surface area contributed by atoms with Crippen molar-refractivity contribution in [2.24, 2.45) is 5.92 Å². The van der Waals surface area contributed by atoms with Gasteiger partial charge in [0.1, 0.15) is 5.82 Å². The van der Waals surface area contributed by atoms with E-state index >= 15 is 0 Å². The number of aromatic amines is 1. The van der Waals surface area contributed by atoms with E-state index < -0.39 is 0 Å². The highest BCUT2D eigenvalue weighted by Gasteiger charge is 2.25. The number of H-pyrrole nitrogens is 1. The van der Waals surface area contributed by atoms with Crippen molar-refractivity contribution in [2.45, 2.75) is 19.3 Å². The summed E-state index contributed by atoms with van der Waals surface area (Å²) in [5.41, 5.74) is 2.34. The quantitative estimate of drug-likeness (QED) is 0.884. The van der Waals surface area contributed by atoms with Crippen LogP contribution in [0.25, 0.3) is 11.1 Å². The van der Waals surface area contributed by atoms with Gasteiger partial charge in [-0.3, -0.25) is 4.79 Å². The predicted octanol–water partition coefficient (Wildman–Crippen LogP) is 3.28. The van der Waals surface area contributed by atoms with Gasteiger partial charge >= 0.3 is 0 Å². The Morgan fingerprint density at radius 2 is 1.96 bits per heavy atom. The van der Waals surface area contributed by atoms with Gasteiger partial charge in [0, 0.05) is 31.0 Å². The molecule has 5 heteroatoms. The second-order valence-electron chi connectivity index (χ2n) is 6.42. The number of nitrogens with one attached hydrogen (secondary N) is 2. The monoisotopic (exact) mass is 329 g/mol. The van der Waals surface area contributed by atoms with Crippen molar-refractivity contribution < 1.29 is 9.18 Å². The summed E-state index contributed by atoms with van der Waals surface area (Å²) in [5, 5.41) is 3.19. The molecular formula is C19H24FN3O. The van der Waals surface area contributed by atoms with Crippen molar-refractivity contribution >= 4 is 5.91 Å². The maximum absolute atomic E-state index is 13.1. The number of carbonyl (C=O) groups excluding carboxylic acids is 1. The second-order valence-corrected chi connectivity index (χ2v) is 6.42. The summed E-state index contributed by atoms with van der Waals surface area (Å²) in [7, 11) is 1.97. The molecule has 1 amide bonds. The molecule has 0 atom stereocenters. The van der Waals surface area contributed by atoms with Crippen LogP contribution in [0.3, 0.4) is 0 Å². The fourth-order valence-corrected chi connectivity index (χ4v) is 3.35. The Labute approximate surface area is 142 Å². The minimum Gasteiger partial charge on any atom is -0.366 e. The molecule has 0 spiro atoms. The Morgan fingerprint density at radius 3 is 2.62 bits per heavy atom. The Kier molecular flexibility index (Phi) is 5.30. The molecule has 1 fully saturated rings. The third-order valence-corrected chi connectivity index (χ3v) is 4.84. The first-order valence-electron chi connectivity index (χ1n) is 8.55. The number of piperidine rings is 1. The normalized spacial score (nSPS) is 15.7. The number of aromatic nitrogens is 1. The Balaban J connectivity index is 1.69. The first-order chi connectivity index (χ1) is 11.7. The van der Waals surface area contributed by atoms with Gasteiger partial charge in [0.05, 0.1) is 5.56 Å². The lowest BCUT2D eigenvalue weighted by molar-refractivity contribution is 0.0688. The number of amides is 1. The van der Waals surface area contributed by atoms with E-state index in [0.717, 1.165) is 43.6 Å². The smallest absolute Gasteiger partial charge is 0.256 e. The second kappa shape index (κ2) is 7.62. The highest BCUT2D eigenvalue weighted by Crippen LogP contribution is 2.27. The first kappa shape index (κ1) is 16.7. The van der Waals surface area contributed by atoms with Crippen LogP contribution < -0.4 is 5.32 Å². The summed E-state index contributed by atoms with van der Waals surface area (Å²) >= 11 is 0. The molecule has 4 nitrogen and oxygen atoms in total. The lowest BCUT2D eigenvalue weighted by Crippen LogP contribution is -2.39. The van der Waals surface area contributed by atoms with Gasteiger partial charge in [0.15, 0.2) is 0 Å². The van der Waals surface area contributed by atoms with E-state index in [2.05, 4.69) is 10.3 Å². The van der Waals surface area contributed by atoms with Gasteiger partial charge in [-0.15, -0.1) is 0 Å². The zero-order valence-electron chi connectivity index (χ0n) is 14.0. The molecule has 2 heterocycles. The van der Waals surface area contributed by atoms with Crippen LogP contribution in [0, 0.1) is 11.7 Å². The average molecular weight is 329 g/mol. The number of rotatable bonds is 5. The molecule has 3 rings (SSSR count). The van der Waals surface area contributed by atoms with Gasteiger partial charge in [0.25, 0.3) is 5.91 Å². The number of nitrogens with zero attached hydrogens (tertiary/aromatic N) is 1. The number of hydrogen-bond acceptors (Lipinski definition) is 2. The number of likely N-dealkylation sites (tertiary alicyclic amines) is 1. The fourth-order valence-electron chi connectivity index (χ4n) is 3.35. The van der Waals surface area contributed by atoms with Crippen LogP contribution in [0.5, 0.6) is 0 Å². The minimum absolute atomic E-state index is 0.0580. The molecule has 2 aromatic rings. The number of hydrogen-bond donors (Lipinski definition) is 2. The van der Waals surface area contributed by atoms with Crippen molar-refractivity contribution in [2.75, 3.05) is 26.7 Å². The van der Waals surface area contributed by atoms with Crippen LogP contribution in [-0.4, -0.2) is 42.5 Å². The van der Waals surface area contributed by atoms with E-state index in [9.17, 15) is 9.18 Å². The van der Waals surface area contributed by atoms with Crippen molar-refractivity contribution in [1.82, 2.24) is 15.2 Å². The molecule has 1 aliphatic heterocycles. The summed E-state index contributed by atoms with van der Waals surface area (Å²) in [4.78, 5) is 17.8. The maximum Gasteiger partial charge on any atom is 0.256 e. The van der Waals surface area contributed by atoms with Gasteiger partial charge in [-0.05, 0) is 56.5 Å². The van der Waals surface area contributed by atoms with E-state index in [1.54, 1.807) is 24.5 Å². The molecule has 0 aliphatic carbocycles. The molecule has 1 aromatic heterocycles. The standard InChI is InChI=1S/C19H24FN3O/c1-21-9-6-14-7-10-23(11-8-14)19(24)18-13-22-12-17(18)15-2-4-16(20)5-3-15/h2-5,12-14,21-22H,6-11H2,1H3. The van der Waals surface area contributed by atoms with Crippen molar-refractivity contribution in [3.63, 3.8) is 0 Å². The Hall–Kier alpha value is -2.14. The van der Waals surface area contributed by atoms with E-state index in [1.165, 1.54) is 18.6 Å². The zero-order chi connectivity index (χ0) is 16.9. The van der Waals surface area contributed by atoms with E-state index in [1.807, 2.05) is 11.9 Å². The molecule has 1 aliphatic rings. The molecule has 0 radical (unpaired) electrons. The molecule has 0 unspecified atom stereocenters. The molecule has 0 saturated carbocycles. The molecule has 0 bridgehead atoms. The molecular weight excluding hydrogens is 305 g/mol. The molecule has 2 N–H and O–H groups in total. The van der Waals surface area contributed by atoms with Crippen LogP contribution in [-0.2, 0) is 0 Å². The zero-order valence-corrected chi connectivity index (χ0v) is 14.0. The van der Waals surface area contributed by atoms with E-state index in [0.29, 0.717) is 11.5 Å². The van der Waals surface area contributed by atoms with Crippen molar-refractivity contribution in [3.8, 4) is 11.1 Å². The van der Waals surface area contributed by atoms with Gasteiger partial charge in [-0.2, -0.15) is 0 Å². The highest BCUT2D eigenvalue weighted by molar-refractivity contribution is 6.00. The van der Waals surface area contributed by atoms with E-state index in [4.69, 9.17) is 0 Å². The number of halogens is 1. The molecule has 1 aromatic carbocycles. The fraction of sp³-hybridized carbons (Fsp3) is 0.421. The third kappa shape index (κ3) is 3.67. The lowest BCUT2D eigenvalue weighted by atomic mass is 9.93. The lowest BCUT2D eigenvalue weighted by Gasteiger charge is -2.32. The Morgan fingerprint density at radius 1 is 1.25 bits per heavy atom. The van der Waals surface area contributed by atoms with Crippen LogP contribution in [0.1, 0.15) is 29.6 Å². The van der Waals surface area contributed by atoms with Gasteiger partial charge in [0.2, 0.25) is 0 Å². The van der Waals surface area contributed by atoms with Crippen LogP contribution >= 0.6 is 0 Å². The summed E-state index contributed by atoms with van der Waals surface area (Å²) in [5.74, 6) is 0.484. The molecule has 128 valence electrons. The van der Waals surface area contributed by atoms with E-state index in [-0.39, 0.29) is 11.7 Å². The summed E-state index contributed by atoms with van der Waals surface area (Å²) in [6.07, 6.45) is 6.84. The number of carbonyl (C=O) groups is 1. The third-order valence-electron chi connectivity index (χ3n) is 4.84. The average Bonchev–Trinajstić information content (AvgIpc) is 3.10. The van der Waals surface area contributed by atoms with Gasteiger partial charge in [-0.25, -0.2) is 4.39 Å². The minimum atomic E-state index is -0.272. The molecule has 1 saturated heterocycles. The summed E-state index contributed by atoms with van der Waals surface area (Å²) < 4.78 is 13.1. The van der Waals surface area contributed by atoms with Crippen LogP contribution in [0.2, 0.25) is 0 Å². The summed E-state index contributed by atoms with van der Waals surface area (Å²) in [6.45, 7) is 2.65. The van der Waals surface area contributed by atoms with Crippen LogP contribution in [0.15, 0.2) is 36.7 Å². The van der Waals surface area contributed by atoms with Crippen LogP contribution in [0.4, 0.5) is 4.39 Å². The van der Waals surface area contributed by atoms with Gasteiger partial charge in [-0.1, -0.05) is 12.1 Å². The van der Waals surface area contributed by atoms with Crippen molar-refractivity contribution in [1.29, 1.82) is 0 Å². The first-order valence-corrected chi connectivity index (χ1v) is 8.55.